The molecule has 2 N–H and O–H groups in total. The fourth-order valence-corrected chi connectivity index (χ4v) is 4.11. The summed E-state index contributed by atoms with van der Waals surface area (Å²) in [5, 5.41) is 6.50. The van der Waals surface area contributed by atoms with Crippen LogP contribution in [0.25, 0.3) is 0 Å². The predicted molar refractivity (Wildman–Crippen MR) is 122 cm³/mol. The van der Waals surface area contributed by atoms with Crippen LogP contribution in [0.1, 0.15) is 23.6 Å². The molecule has 0 aromatic heterocycles. The van der Waals surface area contributed by atoms with Crippen molar-refractivity contribution < 1.29 is 22.6 Å². The Morgan fingerprint density at radius 1 is 0.968 bits per heavy atom. The third kappa shape index (κ3) is 6.52. The van der Waals surface area contributed by atoms with Crippen molar-refractivity contribution in [1.29, 1.82) is 0 Å². The Morgan fingerprint density at radius 2 is 1.61 bits per heavy atom. The SMILES string of the molecule is CCNC(=NCc1ccc(S(C)(=O)=O)c(C)c1)NCc1cc(OC)c(OC)cc1OC. The van der Waals surface area contributed by atoms with Gasteiger partial charge in [0.05, 0.1) is 32.8 Å². The zero-order valence-electron chi connectivity index (χ0n) is 18.9. The number of benzene rings is 2. The number of nitrogens with one attached hydrogen (secondary N) is 2. The first-order valence-corrected chi connectivity index (χ1v) is 11.7. The summed E-state index contributed by atoms with van der Waals surface area (Å²) >= 11 is 0. The molecule has 8 nitrogen and oxygen atoms in total. The molecule has 0 spiro atoms. The Kier molecular flexibility index (Phi) is 8.56. The predicted octanol–water partition coefficient (Wildman–Crippen LogP) is 2.68. The number of rotatable bonds is 9. The number of hydrogen-bond acceptors (Lipinski definition) is 6. The molecule has 0 radical (unpaired) electrons. The van der Waals surface area contributed by atoms with Crippen LogP contribution in [0.5, 0.6) is 17.2 Å². The Labute approximate surface area is 184 Å². The van der Waals surface area contributed by atoms with E-state index in [-0.39, 0.29) is 0 Å². The van der Waals surface area contributed by atoms with E-state index in [1.165, 1.54) is 6.26 Å². The topological polar surface area (TPSA) is 98.3 Å². The average molecular weight is 450 g/mol. The molecular formula is C22H31N3O5S. The molecular weight excluding hydrogens is 418 g/mol. The number of hydrogen-bond donors (Lipinski definition) is 2. The maximum absolute atomic E-state index is 11.8. The van der Waals surface area contributed by atoms with Gasteiger partial charge in [0.1, 0.15) is 5.75 Å². The number of aliphatic imine (C=N–C) groups is 1. The molecule has 2 aromatic carbocycles. The maximum Gasteiger partial charge on any atom is 0.191 e. The highest BCUT2D eigenvalue weighted by molar-refractivity contribution is 7.90. The fraction of sp³-hybridized carbons (Fsp3) is 0.409. The van der Waals surface area contributed by atoms with Crippen molar-refractivity contribution in [2.24, 2.45) is 4.99 Å². The standard InChI is InChI=1S/C22H31N3O5S/c1-7-23-22(24-13-16-8-9-21(15(2)10-16)31(6,26)27)25-14-17-11-19(29-4)20(30-5)12-18(17)28-3/h8-12H,7,13-14H2,1-6H3,(H2,23,24,25). The van der Waals surface area contributed by atoms with Crippen LogP contribution in [-0.4, -0.2) is 48.5 Å². The van der Waals surface area contributed by atoms with Gasteiger partial charge in [0.25, 0.3) is 0 Å². The third-order valence-electron chi connectivity index (χ3n) is 4.64. The largest absolute Gasteiger partial charge is 0.496 e. The van der Waals surface area contributed by atoms with Gasteiger partial charge in [0.2, 0.25) is 0 Å². The van der Waals surface area contributed by atoms with E-state index in [0.29, 0.717) is 53.3 Å². The van der Waals surface area contributed by atoms with Crippen LogP contribution in [0.15, 0.2) is 40.2 Å². The van der Waals surface area contributed by atoms with Crippen molar-refractivity contribution in [3.05, 3.63) is 47.0 Å². The van der Waals surface area contributed by atoms with E-state index in [1.54, 1.807) is 46.5 Å². The molecule has 0 bridgehead atoms. The number of ether oxygens (including phenoxy) is 3. The molecule has 170 valence electrons. The summed E-state index contributed by atoms with van der Waals surface area (Å²) in [6, 6.07) is 8.91. The highest BCUT2D eigenvalue weighted by Crippen LogP contribution is 2.34. The number of sulfone groups is 1. The lowest BCUT2D eigenvalue weighted by Gasteiger charge is -2.16. The number of nitrogens with zero attached hydrogens (tertiary/aromatic N) is 1. The summed E-state index contributed by atoms with van der Waals surface area (Å²) in [7, 11) is 1.53. The van der Waals surface area contributed by atoms with E-state index >= 15 is 0 Å². The lowest BCUT2D eigenvalue weighted by molar-refractivity contribution is 0.347. The Bertz CT molecular complexity index is 1040. The second-order valence-electron chi connectivity index (χ2n) is 6.94. The van der Waals surface area contributed by atoms with Gasteiger partial charge in [-0.2, -0.15) is 0 Å². The molecule has 0 fully saturated rings. The average Bonchev–Trinajstić information content (AvgIpc) is 2.74. The molecule has 0 atom stereocenters. The van der Waals surface area contributed by atoms with Crippen molar-refractivity contribution in [2.75, 3.05) is 34.1 Å². The number of methoxy groups -OCH3 is 3. The van der Waals surface area contributed by atoms with Crippen molar-refractivity contribution in [1.82, 2.24) is 10.6 Å². The number of guanidine groups is 1. The fourth-order valence-electron chi connectivity index (χ4n) is 3.15. The van der Waals surface area contributed by atoms with Crippen molar-refractivity contribution >= 4 is 15.8 Å². The second kappa shape index (κ2) is 10.9. The van der Waals surface area contributed by atoms with E-state index in [2.05, 4.69) is 15.6 Å². The van der Waals surface area contributed by atoms with Crippen molar-refractivity contribution in [3.8, 4) is 17.2 Å². The van der Waals surface area contributed by atoms with Gasteiger partial charge in [-0.15, -0.1) is 0 Å². The molecule has 0 saturated heterocycles. The van der Waals surface area contributed by atoms with E-state index in [1.807, 2.05) is 19.1 Å². The molecule has 0 heterocycles. The van der Waals surface area contributed by atoms with Crippen LogP contribution < -0.4 is 24.8 Å². The monoisotopic (exact) mass is 449 g/mol. The van der Waals surface area contributed by atoms with Gasteiger partial charge >= 0.3 is 0 Å². The molecule has 2 rings (SSSR count). The molecule has 0 aliphatic heterocycles. The molecule has 0 amide bonds. The van der Waals surface area contributed by atoms with Crippen LogP contribution in [0.2, 0.25) is 0 Å². The van der Waals surface area contributed by atoms with Gasteiger partial charge in [-0.25, -0.2) is 13.4 Å². The maximum atomic E-state index is 11.8. The van der Waals surface area contributed by atoms with E-state index in [0.717, 1.165) is 11.1 Å². The molecule has 9 heteroatoms. The van der Waals surface area contributed by atoms with Crippen molar-refractivity contribution in [2.45, 2.75) is 31.8 Å². The normalized spacial score (nSPS) is 11.7. The van der Waals surface area contributed by atoms with Crippen LogP contribution >= 0.6 is 0 Å². The molecule has 0 aliphatic carbocycles. The summed E-state index contributed by atoms with van der Waals surface area (Å²) < 4.78 is 39.8. The number of aryl methyl sites for hydroxylation is 1. The minimum Gasteiger partial charge on any atom is -0.496 e. The first kappa shape index (κ1) is 24.3. The molecule has 31 heavy (non-hydrogen) atoms. The van der Waals surface area contributed by atoms with Crippen molar-refractivity contribution in [3.63, 3.8) is 0 Å². The molecule has 0 aliphatic rings. The lowest BCUT2D eigenvalue weighted by Crippen LogP contribution is -2.36. The van der Waals surface area contributed by atoms with E-state index in [4.69, 9.17) is 14.2 Å². The summed E-state index contributed by atoms with van der Waals surface area (Å²) in [4.78, 5) is 4.95. The summed E-state index contributed by atoms with van der Waals surface area (Å²) in [6.45, 7) is 5.33. The second-order valence-corrected chi connectivity index (χ2v) is 8.92. The smallest absolute Gasteiger partial charge is 0.191 e. The third-order valence-corrected chi connectivity index (χ3v) is 5.89. The van der Waals surface area contributed by atoms with Crippen LogP contribution in [0, 0.1) is 6.92 Å². The highest BCUT2D eigenvalue weighted by atomic mass is 32.2. The van der Waals surface area contributed by atoms with Gasteiger partial charge < -0.3 is 24.8 Å². The molecule has 0 unspecified atom stereocenters. The van der Waals surface area contributed by atoms with Gasteiger partial charge in [-0.3, -0.25) is 0 Å². The Morgan fingerprint density at radius 3 is 2.16 bits per heavy atom. The van der Waals surface area contributed by atoms with Gasteiger partial charge in [0, 0.05) is 31.0 Å². The summed E-state index contributed by atoms with van der Waals surface area (Å²) in [5.41, 5.74) is 2.52. The van der Waals surface area contributed by atoms with Gasteiger partial charge in [0.15, 0.2) is 27.3 Å². The lowest BCUT2D eigenvalue weighted by atomic mass is 10.1. The first-order chi connectivity index (χ1) is 14.7. The quantitative estimate of drug-likeness (QED) is 0.449. The molecule has 2 aromatic rings. The zero-order chi connectivity index (χ0) is 23.0. The first-order valence-electron chi connectivity index (χ1n) is 9.84. The Balaban J connectivity index is 2.18. The van der Waals surface area contributed by atoms with E-state index in [9.17, 15) is 8.42 Å². The van der Waals surface area contributed by atoms with Gasteiger partial charge in [-0.1, -0.05) is 12.1 Å². The Hall–Kier alpha value is -2.94. The minimum atomic E-state index is -3.24. The molecule has 0 saturated carbocycles. The zero-order valence-corrected chi connectivity index (χ0v) is 19.7. The van der Waals surface area contributed by atoms with Gasteiger partial charge in [-0.05, 0) is 37.1 Å². The van der Waals surface area contributed by atoms with Crippen LogP contribution in [-0.2, 0) is 22.9 Å². The highest BCUT2D eigenvalue weighted by Gasteiger charge is 2.13. The van der Waals surface area contributed by atoms with Crippen LogP contribution in [0.3, 0.4) is 0 Å². The van der Waals surface area contributed by atoms with E-state index < -0.39 is 9.84 Å². The summed E-state index contributed by atoms with van der Waals surface area (Å²) in [5.74, 6) is 2.51. The van der Waals surface area contributed by atoms with Crippen LogP contribution in [0.4, 0.5) is 0 Å². The minimum absolute atomic E-state index is 0.339. The summed E-state index contributed by atoms with van der Waals surface area (Å²) in [6.07, 6.45) is 1.21.